The molecule has 33 heavy (non-hydrogen) atoms. The lowest BCUT2D eigenvalue weighted by Gasteiger charge is -2.33. The molecule has 1 fully saturated rings. The molecule has 1 aliphatic heterocycles. The Labute approximate surface area is 199 Å². The summed E-state index contributed by atoms with van der Waals surface area (Å²) in [6.45, 7) is 3.14. The van der Waals surface area contributed by atoms with Gasteiger partial charge in [0.2, 0.25) is 0 Å². The molecular formula is C27H28ClFN2O2. The molecule has 0 spiro atoms. The van der Waals surface area contributed by atoms with Crippen LogP contribution in [0.2, 0.25) is 5.02 Å². The van der Waals surface area contributed by atoms with E-state index in [4.69, 9.17) is 16.3 Å². The summed E-state index contributed by atoms with van der Waals surface area (Å²) in [4.78, 5) is 16.6. The lowest BCUT2D eigenvalue weighted by atomic mass is 9.86. The van der Waals surface area contributed by atoms with Gasteiger partial charge < -0.3 is 4.74 Å². The van der Waals surface area contributed by atoms with Crippen LogP contribution in [0.15, 0.2) is 72.8 Å². The first-order valence-corrected chi connectivity index (χ1v) is 11.6. The molecule has 1 saturated heterocycles. The average Bonchev–Trinajstić information content (AvgIpc) is 2.85. The van der Waals surface area contributed by atoms with Crippen LogP contribution >= 0.6 is 11.6 Å². The topological polar surface area (TPSA) is 32.8 Å². The summed E-state index contributed by atoms with van der Waals surface area (Å²) in [5.41, 5.74) is 4.17. The fourth-order valence-electron chi connectivity index (χ4n) is 4.49. The van der Waals surface area contributed by atoms with Gasteiger partial charge in [-0.3, -0.25) is 9.80 Å². The third-order valence-corrected chi connectivity index (χ3v) is 6.48. The highest BCUT2D eigenvalue weighted by Crippen LogP contribution is 2.34. The molecule has 3 aromatic rings. The third-order valence-electron chi connectivity index (χ3n) is 6.25. The van der Waals surface area contributed by atoms with Crippen LogP contribution in [-0.2, 0) is 17.8 Å². The molecule has 172 valence electrons. The maximum atomic E-state index is 13.2. The predicted octanol–water partition coefficient (Wildman–Crippen LogP) is 6.63. The highest BCUT2D eigenvalue weighted by molar-refractivity contribution is 6.30. The van der Waals surface area contributed by atoms with Gasteiger partial charge >= 0.3 is 6.09 Å². The van der Waals surface area contributed by atoms with Crippen molar-refractivity contribution in [1.82, 2.24) is 4.90 Å². The van der Waals surface area contributed by atoms with Gasteiger partial charge in [0.15, 0.2) is 0 Å². The molecule has 1 aliphatic rings. The van der Waals surface area contributed by atoms with Gasteiger partial charge in [0.25, 0.3) is 0 Å². The molecule has 1 heterocycles. The largest absolute Gasteiger partial charge is 0.452 e. The van der Waals surface area contributed by atoms with Gasteiger partial charge in [-0.15, -0.1) is 0 Å². The van der Waals surface area contributed by atoms with Gasteiger partial charge in [-0.2, -0.15) is 0 Å². The Bertz CT molecular complexity index is 1070. The van der Waals surface area contributed by atoms with E-state index < -0.39 is 6.09 Å². The Morgan fingerprint density at radius 1 is 1.06 bits per heavy atom. The van der Waals surface area contributed by atoms with E-state index in [-0.39, 0.29) is 5.82 Å². The van der Waals surface area contributed by atoms with Crippen molar-refractivity contribution < 1.29 is 13.9 Å². The van der Waals surface area contributed by atoms with Crippen molar-refractivity contribution in [2.45, 2.75) is 31.8 Å². The number of piperidine rings is 1. The molecule has 0 aliphatic carbocycles. The number of methoxy groups -OCH3 is 1. The Hall–Kier alpha value is -2.89. The summed E-state index contributed by atoms with van der Waals surface area (Å²) in [6.07, 6.45) is 1.60. The lowest BCUT2D eigenvalue weighted by molar-refractivity contribution is 0.178. The Kier molecular flexibility index (Phi) is 7.63. The quantitative estimate of drug-likeness (QED) is 0.408. The molecule has 0 radical (unpaired) electrons. The number of benzene rings is 3. The lowest BCUT2D eigenvalue weighted by Crippen LogP contribution is -2.34. The first kappa shape index (κ1) is 23.3. The van der Waals surface area contributed by atoms with E-state index in [0.717, 1.165) is 49.3 Å². The molecule has 4 rings (SSSR count). The van der Waals surface area contributed by atoms with E-state index in [9.17, 15) is 9.18 Å². The Morgan fingerprint density at radius 3 is 2.42 bits per heavy atom. The second-order valence-corrected chi connectivity index (χ2v) is 8.85. The normalized spacial score (nSPS) is 14.8. The molecule has 3 aromatic carbocycles. The molecular weight excluding hydrogens is 439 g/mol. The zero-order valence-electron chi connectivity index (χ0n) is 18.7. The molecule has 0 aromatic heterocycles. The van der Waals surface area contributed by atoms with Gasteiger partial charge in [0.1, 0.15) is 5.82 Å². The smallest absolute Gasteiger partial charge is 0.414 e. The number of likely N-dealkylation sites (tertiary alicyclic amines) is 1. The highest BCUT2D eigenvalue weighted by atomic mass is 35.5. The fraction of sp³-hybridized carbons (Fsp3) is 0.296. The number of hydrogen-bond acceptors (Lipinski definition) is 3. The zero-order valence-corrected chi connectivity index (χ0v) is 19.5. The van der Waals surface area contributed by atoms with E-state index in [0.29, 0.717) is 17.5 Å². The molecule has 0 N–H and O–H groups in total. The van der Waals surface area contributed by atoms with E-state index in [2.05, 4.69) is 4.90 Å². The van der Waals surface area contributed by atoms with Gasteiger partial charge in [0, 0.05) is 17.3 Å². The Balaban J connectivity index is 1.49. The number of para-hydroxylation sites is 1. The zero-order chi connectivity index (χ0) is 23.2. The molecule has 6 heteroatoms. The minimum absolute atomic E-state index is 0.206. The number of halogens is 2. The van der Waals surface area contributed by atoms with Crippen LogP contribution in [-0.4, -0.2) is 31.2 Å². The summed E-state index contributed by atoms with van der Waals surface area (Å²) in [5.74, 6) is 0.154. The van der Waals surface area contributed by atoms with Crippen molar-refractivity contribution in [2.75, 3.05) is 25.1 Å². The maximum Gasteiger partial charge on any atom is 0.414 e. The van der Waals surface area contributed by atoms with Crippen LogP contribution in [0.4, 0.5) is 14.9 Å². The SMILES string of the molecule is COC(=O)N(Cc1ccc(Cl)cc1C1CCN(Cc2ccc(F)cc2)CC1)c1ccccc1. The van der Waals surface area contributed by atoms with Crippen molar-refractivity contribution in [3.8, 4) is 0 Å². The van der Waals surface area contributed by atoms with E-state index >= 15 is 0 Å². The molecule has 0 atom stereocenters. The monoisotopic (exact) mass is 466 g/mol. The van der Waals surface area contributed by atoms with Gasteiger partial charge in [-0.05, 0) is 84.9 Å². The highest BCUT2D eigenvalue weighted by Gasteiger charge is 2.25. The van der Waals surface area contributed by atoms with E-state index in [1.807, 2.05) is 60.7 Å². The number of anilines is 1. The minimum atomic E-state index is -0.392. The van der Waals surface area contributed by atoms with Crippen LogP contribution in [0, 0.1) is 5.82 Å². The number of nitrogens with zero attached hydrogens (tertiary/aromatic N) is 2. The van der Waals surface area contributed by atoms with Crippen molar-refractivity contribution in [1.29, 1.82) is 0 Å². The number of carbonyl (C=O) groups is 1. The molecule has 0 saturated carbocycles. The molecule has 1 amide bonds. The summed E-state index contributed by atoms with van der Waals surface area (Å²) in [6, 6.07) is 22.2. The van der Waals surface area contributed by atoms with Gasteiger partial charge in [0.05, 0.1) is 13.7 Å². The summed E-state index contributed by atoms with van der Waals surface area (Å²) < 4.78 is 18.2. The van der Waals surface area contributed by atoms with Crippen molar-refractivity contribution in [3.05, 3.63) is 100 Å². The van der Waals surface area contributed by atoms with Crippen molar-refractivity contribution >= 4 is 23.4 Å². The third kappa shape index (κ3) is 5.92. The van der Waals surface area contributed by atoms with E-state index in [1.54, 1.807) is 4.90 Å². The second-order valence-electron chi connectivity index (χ2n) is 8.41. The average molecular weight is 467 g/mol. The summed E-state index contributed by atoms with van der Waals surface area (Å²) >= 11 is 6.38. The van der Waals surface area contributed by atoms with Gasteiger partial charge in [-0.25, -0.2) is 9.18 Å². The van der Waals surface area contributed by atoms with Crippen LogP contribution < -0.4 is 4.90 Å². The van der Waals surface area contributed by atoms with Crippen molar-refractivity contribution in [2.24, 2.45) is 0 Å². The summed E-state index contributed by atoms with van der Waals surface area (Å²) in [7, 11) is 1.40. The minimum Gasteiger partial charge on any atom is -0.452 e. The molecule has 0 bridgehead atoms. The molecule has 0 unspecified atom stereocenters. The standard InChI is InChI=1S/C27H28ClFN2O2/c1-33-27(32)31(25-5-3-2-4-6-25)19-22-9-10-23(28)17-26(22)21-13-15-30(16-14-21)18-20-7-11-24(29)12-8-20/h2-12,17,21H,13-16,18-19H2,1H3. The van der Waals surface area contributed by atoms with E-state index in [1.165, 1.54) is 24.8 Å². The van der Waals surface area contributed by atoms with Crippen LogP contribution in [0.3, 0.4) is 0 Å². The van der Waals surface area contributed by atoms with Crippen LogP contribution in [0.1, 0.15) is 35.4 Å². The van der Waals surface area contributed by atoms with Crippen LogP contribution in [0.5, 0.6) is 0 Å². The fourth-order valence-corrected chi connectivity index (χ4v) is 4.67. The first-order valence-electron chi connectivity index (χ1n) is 11.2. The van der Waals surface area contributed by atoms with Crippen molar-refractivity contribution in [3.63, 3.8) is 0 Å². The van der Waals surface area contributed by atoms with Crippen LogP contribution in [0.25, 0.3) is 0 Å². The number of amides is 1. The molecule has 4 nitrogen and oxygen atoms in total. The Morgan fingerprint density at radius 2 is 1.76 bits per heavy atom. The first-order chi connectivity index (χ1) is 16.0. The van der Waals surface area contributed by atoms with Gasteiger partial charge in [-0.1, -0.05) is 48.0 Å². The number of carbonyl (C=O) groups excluding carboxylic acids is 1. The number of ether oxygens (including phenoxy) is 1. The number of hydrogen-bond donors (Lipinski definition) is 0. The number of rotatable bonds is 6. The second kappa shape index (κ2) is 10.8. The maximum absolute atomic E-state index is 13.2. The summed E-state index contributed by atoms with van der Waals surface area (Å²) in [5, 5.41) is 0.701. The predicted molar refractivity (Wildman–Crippen MR) is 130 cm³/mol.